The van der Waals surface area contributed by atoms with Crippen LogP contribution in [0, 0.1) is 5.82 Å². The van der Waals surface area contributed by atoms with Crippen molar-refractivity contribution in [2.24, 2.45) is 0 Å². The summed E-state index contributed by atoms with van der Waals surface area (Å²) in [5, 5.41) is 10.4. The minimum Gasteiger partial charge on any atom is -0.492 e. The van der Waals surface area contributed by atoms with Gasteiger partial charge in [-0.25, -0.2) is 17.3 Å². The lowest BCUT2D eigenvalue weighted by molar-refractivity contribution is -0.117. The van der Waals surface area contributed by atoms with Crippen LogP contribution in [0.4, 0.5) is 21.7 Å². The molecule has 11 heteroatoms. The third-order valence-corrected chi connectivity index (χ3v) is 7.62. The molecule has 0 radical (unpaired) electrons. The van der Waals surface area contributed by atoms with E-state index in [0.29, 0.717) is 35.1 Å². The van der Waals surface area contributed by atoms with E-state index in [9.17, 15) is 17.6 Å². The molecule has 0 aliphatic rings. The van der Waals surface area contributed by atoms with E-state index in [0.717, 1.165) is 17.4 Å². The molecule has 210 valence electrons. The maximum atomic E-state index is 14.1. The summed E-state index contributed by atoms with van der Waals surface area (Å²) in [7, 11) is -3.45. The molecule has 0 bridgehead atoms. The van der Waals surface area contributed by atoms with Gasteiger partial charge in [0.1, 0.15) is 16.5 Å². The highest BCUT2D eigenvalue weighted by Gasteiger charge is 2.19. The van der Waals surface area contributed by atoms with Crippen molar-refractivity contribution < 1.29 is 22.3 Å². The van der Waals surface area contributed by atoms with Gasteiger partial charge in [-0.15, -0.1) is 5.10 Å². The minimum atomic E-state index is -3.45. The first-order chi connectivity index (χ1) is 19.6. The van der Waals surface area contributed by atoms with E-state index < -0.39 is 21.6 Å². The van der Waals surface area contributed by atoms with Gasteiger partial charge in [0, 0.05) is 35.5 Å². The van der Waals surface area contributed by atoms with Crippen LogP contribution in [0.5, 0.6) is 5.75 Å². The zero-order valence-electron chi connectivity index (χ0n) is 22.6. The van der Waals surface area contributed by atoms with Crippen molar-refractivity contribution in [3.05, 3.63) is 96.4 Å². The molecule has 0 saturated carbocycles. The number of nitrogens with one attached hydrogen (secondary N) is 2. The van der Waals surface area contributed by atoms with Crippen molar-refractivity contribution >= 4 is 38.7 Å². The predicted molar refractivity (Wildman–Crippen MR) is 156 cm³/mol. The maximum Gasteiger partial charge on any atom is 0.247 e. The molecule has 2 aromatic heterocycles. The van der Waals surface area contributed by atoms with Gasteiger partial charge in [-0.2, -0.15) is 4.98 Å². The molecule has 41 heavy (non-hydrogen) atoms. The normalized spacial score (nSPS) is 12.2. The monoisotopic (exact) mass is 573 g/mol. The van der Waals surface area contributed by atoms with Gasteiger partial charge in [-0.3, -0.25) is 4.79 Å². The van der Waals surface area contributed by atoms with E-state index in [2.05, 4.69) is 20.7 Å². The molecule has 9 nitrogen and oxygen atoms in total. The average Bonchev–Trinajstić information content (AvgIpc) is 3.34. The Morgan fingerprint density at radius 3 is 2.41 bits per heavy atom. The fraction of sp³-hybridized carbons (Fsp3) is 0.167. The predicted octanol–water partition coefficient (Wildman–Crippen LogP) is 5.82. The van der Waals surface area contributed by atoms with Gasteiger partial charge in [0.2, 0.25) is 11.9 Å². The number of hydrogen-bond acceptors (Lipinski definition) is 7. The summed E-state index contributed by atoms with van der Waals surface area (Å²) in [6, 6.07) is 22.0. The van der Waals surface area contributed by atoms with Crippen LogP contribution < -0.4 is 15.4 Å². The van der Waals surface area contributed by atoms with E-state index >= 15 is 0 Å². The third-order valence-electron chi connectivity index (χ3n) is 6.48. The van der Waals surface area contributed by atoms with Crippen LogP contribution in [-0.2, 0) is 14.6 Å². The standard InChI is InChI=1S/C30H28FN5O4S/c1-4-40-26-17-23(14-15-27(26)41(3,38)39)33-30-34-28-16-11-21(18-36(28)35-30)20-9-12-22(13-10-20)32-29(37)19(2)24-7-5-6-8-25(24)31/h5-19H,4H2,1-3H3,(H,32,37)(H,33,35)/t19-/m1/s1. The Balaban J connectivity index is 1.31. The summed E-state index contributed by atoms with van der Waals surface area (Å²) in [4.78, 5) is 17.3. The Morgan fingerprint density at radius 2 is 1.71 bits per heavy atom. The van der Waals surface area contributed by atoms with Gasteiger partial charge in [0.15, 0.2) is 15.5 Å². The number of aromatic nitrogens is 3. The molecular formula is C30H28FN5O4S. The molecule has 5 rings (SSSR count). The van der Waals surface area contributed by atoms with Crippen LogP contribution in [0.2, 0.25) is 0 Å². The number of fused-ring (bicyclic) bond motifs is 1. The SMILES string of the molecule is CCOc1cc(Nc2nc3ccc(-c4ccc(NC(=O)[C@H](C)c5ccccc5F)cc4)cn3n2)ccc1S(C)(=O)=O. The highest BCUT2D eigenvalue weighted by atomic mass is 32.2. The molecule has 0 spiro atoms. The second-order valence-corrected chi connectivity index (χ2v) is 11.4. The highest BCUT2D eigenvalue weighted by molar-refractivity contribution is 7.90. The van der Waals surface area contributed by atoms with Crippen molar-refractivity contribution in [3.8, 4) is 16.9 Å². The lowest BCUT2D eigenvalue weighted by atomic mass is 9.99. The van der Waals surface area contributed by atoms with Gasteiger partial charge >= 0.3 is 0 Å². The smallest absolute Gasteiger partial charge is 0.247 e. The number of halogens is 1. The van der Waals surface area contributed by atoms with E-state index in [4.69, 9.17) is 4.74 Å². The molecule has 1 atom stereocenters. The van der Waals surface area contributed by atoms with Crippen molar-refractivity contribution in [3.63, 3.8) is 0 Å². The third kappa shape index (κ3) is 6.20. The number of carbonyl (C=O) groups excluding carboxylic acids is 1. The lowest BCUT2D eigenvalue weighted by Gasteiger charge is -2.13. The zero-order valence-corrected chi connectivity index (χ0v) is 23.4. The lowest BCUT2D eigenvalue weighted by Crippen LogP contribution is -2.19. The molecule has 1 amide bonds. The van der Waals surface area contributed by atoms with Crippen LogP contribution in [0.15, 0.2) is 90.0 Å². The molecule has 3 aromatic carbocycles. The van der Waals surface area contributed by atoms with Crippen LogP contribution >= 0.6 is 0 Å². The molecule has 2 heterocycles. The van der Waals surface area contributed by atoms with Crippen molar-refractivity contribution in [1.82, 2.24) is 14.6 Å². The van der Waals surface area contributed by atoms with Crippen LogP contribution in [0.25, 0.3) is 16.8 Å². The number of carbonyl (C=O) groups is 1. The summed E-state index contributed by atoms with van der Waals surface area (Å²) in [6.07, 6.45) is 2.97. The molecule has 0 aliphatic carbocycles. The topological polar surface area (TPSA) is 115 Å². The van der Waals surface area contributed by atoms with Gasteiger partial charge in [0.05, 0.1) is 12.5 Å². The molecule has 2 N–H and O–H groups in total. The van der Waals surface area contributed by atoms with Crippen molar-refractivity contribution in [1.29, 1.82) is 0 Å². The van der Waals surface area contributed by atoms with Crippen molar-refractivity contribution in [2.45, 2.75) is 24.7 Å². The minimum absolute atomic E-state index is 0.114. The number of ether oxygens (including phenoxy) is 1. The molecule has 0 aliphatic heterocycles. The second-order valence-electron chi connectivity index (χ2n) is 9.46. The summed E-state index contributed by atoms with van der Waals surface area (Å²) in [5.74, 6) is -0.762. The zero-order chi connectivity index (χ0) is 29.1. The fourth-order valence-electron chi connectivity index (χ4n) is 4.36. The summed E-state index contributed by atoms with van der Waals surface area (Å²) in [6.45, 7) is 3.77. The highest BCUT2D eigenvalue weighted by Crippen LogP contribution is 2.29. The largest absolute Gasteiger partial charge is 0.492 e. The van der Waals surface area contributed by atoms with Crippen LogP contribution in [0.3, 0.4) is 0 Å². The Morgan fingerprint density at radius 1 is 1.00 bits per heavy atom. The van der Waals surface area contributed by atoms with E-state index in [-0.39, 0.29) is 16.6 Å². The molecule has 0 saturated heterocycles. The number of nitrogens with zero attached hydrogens (tertiary/aromatic N) is 3. The number of hydrogen-bond donors (Lipinski definition) is 2. The summed E-state index contributed by atoms with van der Waals surface area (Å²) < 4.78 is 45.4. The Bertz CT molecular complexity index is 1840. The maximum absolute atomic E-state index is 14.1. The first kappa shape index (κ1) is 27.8. The van der Waals surface area contributed by atoms with Gasteiger partial charge in [-0.1, -0.05) is 30.3 Å². The van der Waals surface area contributed by atoms with Gasteiger partial charge in [-0.05, 0) is 67.4 Å². The number of pyridine rings is 1. The Labute approximate surface area is 236 Å². The Kier molecular flexibility index (Phi) is 7.71. The number of anilines is 3. The Hall–Kier alpha value is -4.77. The van der Waals surface area contributed by atoms with Crippen molar-refractivity contribution in [2.75, 3.05) is 23.5 Å². The average molecular weight is 574 g/mol. The first-order valence-electron chi connectivity index (χ1n) is 12.9. The summed E-state index contributed by atoms with van der Waals surface area (Å²) in [5.41, 5.74) is 3.91. The number of amides is 1. The fourth-order valence-corrected chi connectivity index (χ4v) is 5.16. The van der Waals surface area contributed by atoms with Gasteiger partial charge < -0.3 is 15.4 Å². The van der Waals surface area contributed by atoms with E-state index in [1.54, 1.807) is 60.8 Å². The van der Waals surface area contributed by atoms with Crippen LogP contribution in [0.1, 0.15) is 25.3 Å². The number of benzene rings is 3. The molecule has 0 fully saturated rings. The van der Waals surface area contributed by atoms with E-state index in [1.807, 2.05) is 30.5 Å². The summed E-state index contributed by atoms with van der Waals surface area (Å²) >= 11 is 0. The first-order valence-corrected chi connectivity index (χ1v) is 14.8. The van der Waals surface area contributed by atoms with Crippen LogP contribution in [-0.4, -0.2) is 41.8 Å². The van der Waals surface area contributed by atoms with E-state index in [1.165, 1.54) is 12.1 Å². The van der Waals surface area contributed by atoms with Gasteiger partial charge in [0.25, 0.3) is 0 Å². The quantitative estimate of drug-likeness (QED) is 0.228. The molecule has 5 aromatic rings. The number of rotatable bonds is 9. The molecular weight excluding hydrogens is 545 g/mol. The number of sulfone groups is 1. The second kappa shape index (κ2) is 11.4. The molecule has 0 unspecified atom stereocenters.